The van der Waals surface area contributed by atoms with E-state index in [0.717, 1.165) is 15.9 Å². The van der Waals surface area contributed by atoms with Gasteiger partial charge in [-0.1, -0.05) is 11.8 Å². The van der Waals surface area contributed by atoms with Gasteiger partial charge in [-0.15, -0.1) is 0 Å². The van der Waals surface area contributed by atoms with Gasteiger partial charge < -0.3 is 10.4 Å². The van der Waals surface area contributed by atoms with Crippen molar-refractivity contribution in [3.63, 3.8) is 0 Å². The second-order valence-electron chi connectivity index (χ2n) is 4.53. The highest BCUT2D eigenvalue weighted by Gasteiger charge is 2.32. The molecular weight excluding hydrogens is 242 g/mol. The van der Waals surface area contributed by atoms with Crippen LogP contribution in [-0.4, -0.2) is 38.4 Å². The van der Waals surface area contributed by atoms with Crippen molar-refractivity contribution < 1.29 is 5.11 Å². The quantitative estimate of drug-likeness (QED) is 0.757. The van der Waals surface area contributed by atoms with Crippen LogP contribution >= 0.6 is 23.3 Å². The molecule has 1 aliphatic rings. The van der Waals surface area contributed by atoms with E-state index in [4.69, 9.17) is 0 Å². The molecule has 1 aromatic rings. The number of hydrogen-bond donors (Lipinski definition) is 2. The van der Waals surface area contributed by atoms with E-state index in [1.165, 1.54) is 24.4 Å². The fourth-order valence-electron chi connectivity index (χ4n) is 1.41. The van der Waals surface area contributed by atoms with E-state index in [-0.39, 0.29) is 12.1 Å². The summed E-state index contributed by atoms with van der Waals surface area (Å²) >= 11 is 3.09. The van der Waals surface area contributed by atoms with Crippen LogP contribution in [0, 0.1) is 6.92 Å². The number of hydrogen-bond acceptors (Lipinski definition) is 6. The van der Waals surface area contributed by atoms with Crippen molar-refractivity contribution in [3.8, 4) is 0 Å². The molecule has 0 aromatic carbocycles. The number of aromatic nitrogens is 2. The molecule has 90 valence electrons. The van der Waals surface area contributed by atoms with Crippen LogP contribution in [0.2, 0.25) is 0 Å². The number of aliphatic hydroxyl groups is 1. The van der Waals surface area contributed by atoms with Crippen LogP contribution in [0.4, 0.5) is 0 Å². The van der Waals surface area contributed by atoms with Crippen molar-refractivity contribution in [1.29, 1.82) is 0 Å². The Morgan fingerprint density at radius 3 is 2.88 bits per heavy atom. The van der Waals surface area contributed by atoms with Crippen molar-refractivity contribution in [2.45, 2.75) is 42.6 Å². The molecule has 1 heterocycles. The maximum absolute atomic E-state index is 9.44. The Kier molecular flexibility index (Phi) is 3.84. The minimum Gasteiger partial charge on any atom is -0.394 e. The van der Waals surface area contributed by atoms with Gasteiger partial charge in [0.15, 0.2) is 4.34 Å². The number of nitrogens with one attached hydrogen (secondary N) is 1. The van der Waals surface area contributed by atoms with Gasteiger partial charge in [0.25, 0.3) is 0 Å². The van der Waals surface area contributed by atoms with Gasteiger partial charge >= 0.3 is 0 Å². The van der Waals surface area contributed by atoms with Crippen LogP contribution in [-0.2, 0) is 0 Å². The Morgan fingerprint density at radius 1 is 1.62 bits per heavy atom. The fourth-order valence-corrected chi connectivity index (χ4v) is 3.15. The minimum atomic E-state index is -0.203. The van der Waals surface area contributed by atoms with Gasteiger partial charge in [-0.3, -0.25) is 0 Å². The van der Waals surface area contributed by atoms with E-state index in [9.17, 15) is 5.11 Å². The number of aliphatic hydroxyl groups excluding tert-OH is 1. The normalized spacial score (nSPS) is 19.7. The van der Waals surface area contributed by atoms with Gasteiger partial charge in [-0.25, -0.2) is 4.98 Å². The standard InChI is InChI=1S/C10H17N3OS2/c1-7-11-9(16-13-7)15-6-10(2,5-14)12-8-3-4-8/h8,12,14H,3-6H2,1-2H3. The van der Waals surface area contributed by atoms with Gasteiger partial charge in [0.1, 0.15) is 5.82 Å². The Hall–Kier alpha value is -0.170. The molecular formula is C10H17N3OS2. The summed E-state index contributed by atoms with van der Waals surface area (Å²) in [5.41, 5.74) is -0.203. The third-order valence-corrected chi connectivity index (χ3v) is 4.80. The topological polar surface area (TPSA) is 58.0 Å². The zero-order chi connectivity index (χ0) is 11.6. The molecule has 16 heavy (non-hydrogen) atoms. The summed E-state index contributed by atoms with van der Waals surface area (Å²) in [5, 5.41) is 12.9. The summed E-state index contributed by atoms with van der Waals surface area (Å²) in [6, 6.07) is 0.605. The summed E-state index contributed by atoms with van der Waals surface area (Å²) in [5.74, 6) is 1.66. The third kappa shape index (κ3) is 3.41. The molecule has 1 aromatic heterocycles. The van der Waals surface area contributed by atoms with Crippen molar-refractivity contribution in [1.82, 2.24) is 14.7 Å². The average molecular weight is 259 g/mol. The van der Waals surface area contributed by atoms with Crippen LogP contribution in [0.3, 0.4) is 0 Å². The van der Waals surface area contributed by atoms with Gasteiger partial charge in [0.05, 0.1) is 6.61 Å². The summed E-state index contributed by atoms with van der Waals surface area (Å²) in [4.78, 5) is 4.30. The molecule has 2 rings (SSSR count). The van der Waals surface area contributed by atoms with Crippen molar-refractivity contribution in [3.05, 3.63) is 5.82 Å². The third-order valence-electron chi connectivity index (χ3n) is 2.50. The van der Waals surface area contributed by atoms with Gasteiger partial charge in [0, 0.05) is 17.3 Å². The van der Waals surface area contributed by atoms with E-state index in [1.54, 1.807) is 11.8 Å². The Morgan fingerprint density at radius 2 is 2.38 bits per heavy atom. The predicted molar refractivity (Wildman–Crippen MR) is 67.0 cm³/mol. The molecule has 1 saturated carbocycles. The summed E-state index contributed by atoms with van der Waals surface area (Å²) in [6.07, 6.45) is 2.47. The highest BCUT2D eigenvalue weighted by molar-refractivity contribution is 8.01. The number of nitrogens with zero attached hydrogens (tertiary/aromatic N) is 2. The molecule has 6 heteroatoms. The van der Waals surface area contributed by atoms with Crippen LogP contribution in [0.15, 0.2) is 4.34 Å². The SMILES string of the molecule is Cc1nsc(SCC(C)(CO)NC2CC2)n1. The first-order valence-corrected chi connectivity index (χ1v) is 7.19. The lowest BCUT2D eigenvalue weighted by atomic mass is 10.1. The summed E-state index contributed by atoms with van der Waals surface area (Å²) < 4.78 is 5.12. The summed E-state index contributed by atoms with van der Waals surface area (Å²) in [7, 11) is 0. The lowest BCUT2D eigenvalue weighted by Crippen LogP contribution is -2.49. The maximum Gasteiger partial charge on any atom is 0.170 e. The zero-order valence-electron chi connectivity index (χ0n) is 9.56. The summed E-state index contributed by atoms with van der Waals surface area (Å²) in [6.45, 7) is 4.12. The largest absolute Gasteiger partial charge is 0.394 e. The first-order chi connectivity index (χ1) is 7.61. The highest BCUT2D eigenvalue weighted by Crippen LogP contribution is 2.27. The van der Waals surface area contributed by atoms with E-state index in [2.05, 4.69) is 21.6 Å². The molecule has 4 nitrogen and oxygen atoms in total. The van der Waals surface area contributed by atoms with Crippen LogP contribution in [0.1, 0.15) is 25.6 Å². The molecule has 0 aliphatic heterocycles. The molecule has 0 amide bonds. The smallest absolute Gasteiger partial charge is 0.170 e. The second-order valence-corrected chi connectivity index (χ2v) is 6.51. The molecule has 0 radical (unpaired) electrons. The first-order valence-electron chi connectivity index (χ1n) is 5.43. The predicted octanol–water partition coefficient (Wildman–Crippen LogP) is 1.44. The molecule has 1 aliphatic carbocycles. The van der Waals surface area contributed by atoms with E-state index in [0.29, 0.717) is 6.04 Å². The zero-order valence-corrected chi connectivity index (χ0v) is 11.2. The molecule has 1 unspecified atom stereocenters. The number of rotatable bonds is 6. The van der Waals surface area contributed by atoms with E-state index < -0.39 is 0 Å². The molecule has 0 saturated heterocycles. The fraction of sp³-hybridized carbons (Fsp3) is 0.800. The minimum absolute atomic E-state index is 0.161. The monoisotopic (exact) mass is 259 g/mol. The average Bonchev–Trinajstić information content (AvgIpc) is 2.97. The molecule has 0 spiro atoms. The van der Waals surface area contributed by atoms with Gasteiger partial charge in [-0.05, 0) is 38.2 Å². The van der Waals surface area contributed by atoms with Crippen LogP contribution in [0.5, 0.6) is 0 Å². The Bertz CT molecular complexity index is 354. The van der Waals surface area contributed by atoms with E-state index in [1.807, 2.05) is 6.92 Å². The number of thioether (sulfide) groups is 1. The Labute approximate surface area is 104 Å². The van der Waals surface area contributed by atoms with E-state index >= 15 is 0 Å². The maximum atomic E-state index is 9.44. The lowest BCUT2D eigenvalue weighted by molar-refractivity contribution is 0.190. The van der Waals surface area contributed by atoms with Crippen molar-refractivity contribution in [2.75, 3.05) is 12.4 Å². The molecule has 1 atom stereocenters. The van der Waals surface area contributed by atoms with Crippen molar-refractivity contribution in [2.24, 2.45) is 0 Å². The van der Waals surface area contributed by atoms with Gasteiger partial charge in [0.2, 0.25) is 0 Å². The lowest BCUT2D eigenvalue weighted by Gasteiger charge is -2.28. The van der Waals surface area contributed by atoms with Crippen LogP contribution in [0.25, 0.3) is 0 Å². The molecule has 1 fully saturated rings. The first kappa shape index (κ1) is 12.3. The highest BCUT2D eigenvalue weighted by atomic mass is 32.2. The second kappa shape index (κ2) is 5.00. The molecule has 0 bridgehead atoms. The molecule has 2 N–H and O–H groups in total. The Balaban J connectivity index is 1.85. The van der Waals surface area contributed by atoms with Crippen molar-refractivity contribution >= 4 is 23.3 Å². The number of aryl methyl sites for hydroxylation is 1. The van der Waals surface area contributed by atoms with Gasteiger partial charge in [-0.2, -0.15) is 4.37 Å². The van der Waals surface area contributed by atoms with Crippen LogP contribution < -0.4 is 5.32 Å².